The Morgan fingerprint density at radius 3 is 2.62 bits per heavy atom. The van der Waals surface area contributed by atoms with Crippen LogP contribution < -0.4 is 5.73 Å². The van der Waals surface area contributed by atoms with Crippen molar-refractivity contribution in [2.24, 2.45) is 5.73 Å². The molecule has 108 valence electrons. The Labute approximate surface area is 126 Å². The van der Waals surface area contributed by atoms with E-state index in [-0.39, 0.29) is 0 Å². The van der Waals surface area contributed by atoms with Gasteiger partial charge in [-0.1, -0.05) is 12.1 Å². The zero-order valence-electron chi connectivity index (χ0n) is 11.6. The lowest BCUT2D eigenvalue weighted by Crippen LogP contribution is -1.92. The Balaban J connectivity index is 1.83. The van der Waals surface area contributed by atoms with Crippen molar-refractivity contribution >= 4 is 11.8 Å². The van der Waals surface area contributed by atoms with Gasteiger partial charge in [0.2, 0.25) is 5.82 Å². The summed E-state index contributed by atoms with van der Waals surface area (Å²) in [5.74, 6) is 3.17. The number of nitrogens with zero attached hydrogens (tertiary/aromatic N) is 2. The molecule has 21 heavy (non-hydrogen) atoms. The van der Waals surface area contributed by atoms with E-state index in [4.69, 9.17) is 14.7 Å². The molecule has 0 bridgehead atoms. The first kappa shape index (κ1) is 13.9. The summed E-state index contributed by atoms with van der Waals surface area (Å²) in [6.45, 7) is 2.47. The van der Waals surface area contributed by atoms with Crippen molar-refractivity contribution in [1.29, 1.82) is 0 Å². The number of hydrogen-bond acceptors (Lipinski definition) is 6. The van der Waals surface area contributed by atoms with Gasteiger partial charge in [0.25, 0.3) is 5.89 Å². The minimum atomic E-state index is 0.345. The predicted molar refractivity (Wildman–Crippen MR) is 81.7 cm³/mol. The van der Waals surface area contributed by atoms with Crippen molar-refractivity contribution in [2.45, 2.75) is 18.4 Å². The Kier molecular flexibility index (Phi) is 4.08. The molecule has 6 heteroatoms. The third-order valence-electron chi connectivity index (χ3n) is 2.92. The maximum atomic E-state index is 5.51. The van der Waals surface area contributed by atoms with E-state index < -0.39 is 0 Å². The molecule has 0 saturated carbocycles. The maximum Gasteiger partial charge on any atom is 0.293 e. The van der Waals surface area contributed by atoms with Crippen LogP contribution in [0.3, 0.4) is 0 Å². The third kappa shape index (κ3) is 3.01. The second-order valence-electron chi connectivity index (χ2n) is 4.35. The van der Waals surface area contributed by atoms with Crippen LogP contribution in [-0.2, 0) is 6.54 Å². The Hall–Kier alpha value is -2.05. The van der Waals surface area contributed by atoms with Gasteiger partial charge in [-0.2, -0.15) is 4.98 Å². The summed E-state index contributed by atoms with van der Waals surface area (Å²) in [7, 11) is 0. The van der Waals surface area contributed by atoms with Crippen molar-refractivity contribution in [3.8, 4) is 23.0 Å². The van der Waals surface area contributed by atoms with E-state index in [1.165, 1.54) is 4.90 Å². The number of aromatic nitrogens is 2. The smallest absolute Gasteiger partial charge is 0.293 e. The third-order valence-corrected chi connectivity index (χ3v) is 3.82. The van der Waals surface area contributed by atoms with Crippen molar-refractivity contribution in [2.75, 3.05) is 5.75 Å². The quantitative estimate of drug-likeness (QED) is 0.726. The topological polar surface area (TPSA) is 78.1 Å². The molecular formula is C15H15N3O2S. The molecule has 3 aromatic rings. The molecule has 1 aromatic carbocycles. The lowest BCUT2D eigenvalue weighted by atomic mass is 10.2. The van der Waals surface area contributed by atoms with Crippen LogP contribution in [0.5, 0.6) is 0 Å². The normalized spacial score (nSPS) is 11.0. The minimum absolute atomic E-state index is 0.345. The number of furan rings is 1. The van der Waals surface area contributed by atoms with E-state index in [2.05, 4.69) is 29.2 Å². The zero-order chi connectivity index (χ0) is 14.7. The molecule has 0 atom stereocenters. The summed E-state index contributed by atoms with van der Waals surface area (Å²) < 4.78 is 10.7. The standard InChI is InChI=1S/C15H15N3O2S/c1-2-21-12-6-3-10(4-7-12)14-17-15(20-18-14)13-8-5-11(9-16)19-13/h3-8H,2,9,16H2,1H3. The second kappa shape index (κ2) is 6.15. The summed E-state index contributed by atoms with van der Waals surface area (Å²) in [4.78, 5) is 5.58. The van der Waals surface area contributed by atoms with Crippen LogP contribution in [0, 0.1) is 0 Å². The van der Waals surface area contributed by atoms with Gasteiger partial charge < -0.3 is 14.7 Å². The second-order valence-corrected chi connectivity index (χ2v) is 5.69. The number of benzene rings is 1. The lowest BCUT2D eigenvalue weighted by Gasteiger charge is -1.98. The first-order valence-corrected chi connectivity index (χ1v) is 7.65. The van der Waals surface area contributed by atoms with Crippen LogP contribution in [0.4, 0.5) is 0 Å². The highest BCUT2D eigenvalue weighted by molar-refractivity contribution is 7.99. The number of rotatable bonds is 5. The molecule has 5 nitrogen and oxygen atoms in total. The van der Waals surface area contributed by atoms with E-state index in [1.54, 1.807) is 23.9 Å². The maximum absolute atomic E-state index is 5.51. The van der Waals surface area contributed by atoms with E-state index in [0.29, 0.717) is 29.8 Å². The van der Waals surface area contributed by atoms with Crippen LogP contribution in [0.1, 0.15) is 12.7 Å². The fraction of sp³-hybridized carbons (Fsp3) is 0.200. The molecule has 0 aliphatic rings. The molecular weight excluding hydrogens is 286 g/mol. The van der Waals surface area contributed by atoms with Gasteiger partial charge >= 0.3 is 0 Å². The van der Waals surface area contributed by atoms with Crippen molar-refractivity contribution in [1.82, 2.24) is 10.1 Å². The lowest BCUT2D eigenvalue weighted by molar-refractivity contribution is 0.412. The van der Waals surface area contributed by atoms with Crippen LogP contribution in [0.25, 0.3) is 23.0 Å². The zero-order valence-corrected chi connectivity index (χ0v) is 12.4. The fourth-order valence-electron chi connectivity index (χ4n) is 1.91. The summed E-state index contributed by atoms with van der Waals surface area (Å²) in [6.07, 6.45) is 0. The number of hydrogen-bond donors (Lipinski definition) is 1. The largest absolute Gasteiger partial charge is 0.455 e. The average molecular weight is 301 g/mol. The molecule has 0 radical (unpaired) electrons. The molecule has 2 heterocycles. The van der Waals surface area contributed by atoms with Gasteiger partial charge in [-0.3, -0.25) is 0 Å². The minimum Gasteiger partial charge on any atom is -0.455 e. The monoisotopic (exact) mass is 301 g/mol. The van der Waals surface area contributed by atoms with Gasteiger partial charge in [0.1, 0.15) is 5.76 Å². The highest BCUT2D eigenvalue weighted by Gasteiger charge is 2.13. The van der Waals surface area contributed by atoms with Crippen LogP contribution in [-0.4, -0.2) is 15.9 Å². The van der Waals surface area contributed by atoms with Gasteiger partial charge in [0.15, 0.2) is 5.76 Å². The van der Waals surface area contributed by atoms with Gasteiger partial charge in [0, 0.05) is 10.5 Å². The van der Waals surface area contributed by atoms with Crippen LogP contribution in [0.15, 0.2) is 50.2 Å². The predicted octanol–water partition coefficient (Wildman–Crippen LogP) is 3.57. The molecule has 3 rings (SSSR count). The highest BCUT2D eigenvalue weighted by Crippen LogP contribution is 2.25. The number of thioether (sulfide) groups is 1. The summed E-state index contributed by atoms with van der Waals surface area (Å²) in [6, 6.07) is 11.7. The van der Waals surface area contributed by atoms with Crippen LogP contribution >= 0.6 is 11.8 Å². The van der Waals surface area contributed by atoms with Crippen LogP contribution in [0.2, 0.25) is 0 Å². The summed E-state index contributed by atoms with van der Waals surface area (Å²) in [5.41, 5.74) is 6.43. The molecule has 0 spiro atoms. The van der Waals surface area contributed by atoms with E-state index in [9.17, 15) is 0 Å². The van der Waals surface area contributed by atoms with E-state index >= 15 is 0 Å². The van der Waals surface area contributed by atoms with Crippen molar-refractivity contribution < 1.29 is 8.94 Å². The SMILES string of the molecule is CCSc1ccc(-c2noc(-c3ccc(CN)o3)n2)cc1. The summed E-state index contributed by atoms with van der Waals surface area (Å²) in [5, 5.41) is 3.99. The Morgan fingerprint density at radius 2 is 1.95 bits per heavy atom. The van der Waals surface area contributed by atoms with Gasteiger partial charge in [-0.05, 0) is 42.2 Å². The van der Waals surface area contributed by atoms with E-state index in [1.807, 2.05) is 12.1 Å². The molecule has 0 aliphatic carbocycles. The molecule has 0 amide bonds. The first-order chi connectivity index (χ1) is 10.3. The molecule has 0 unspecified atom stereocenters. The fourth-order valence-corrected chi connectivity index (χ4v) is 2.57. The Morgan fingerprint density at radius 1 is 1.14 bits per heavy atom. The molecule has 2 N–H and O–H groups in total. The van der Waals surface area contributed by atoms with Gasteiger partial charge in [-0.15, -0.1) is 11.8 Å². The van der Waals surface area contributed by atoms with Crippen molar-refractivity contribution in [3.63, 3.8) is 0 Å². The van der Waals surface area contributed by atoms with Crippen molar-refractivity contribution in [3.05, 3.63) is 42.2 Å². The average Bonchev–Trinajstić information content (AvgIpc) is 3.17. The molecule has 0 aliphatic heterocycles. The Bertz CT molecular complexity index is 719. The summed E-state index contributed by atoms with van der Waals surface area (Å²) >= 11 is 1.80. The molecule has 0 saturated heterocycles. The first-order valence-electron chi connectivity index (χ1n) is 6.66. The van der Waals surface area contributed by atoms with E-state index in [0.717, 1.165) is 11.3 Å². The molecule has 0 fully saturated rings. The molecule has 2 aromatic heterocycles. The highest BCUT2D eigenvalue weighted by atomic mass is 32.2. The van der Waals surface area contributed by atoms with Gasteiger partial charge in [0.05, 0.1) is 6.54 Å². The number of nitrogens with two attached hydrogens (primary N) is 1. The van der Waals surface area contributed by atoms with Gasteiger partial charge in [-0.25, -0.2) is 0 Å².